The first kappa shape index (κ1) is 32.5. The maximum Gasteiger partial charge on any atom is 0.223 e. The Balaban J connectivity index is 0.000000178. The highest BCUT2D eigenvalue weighted by Gasteiger charge is 2.38. The molecule has 2 amide bonds. The lowest BCUT2D eigenvalue weighted by atomic mass is 9.99. The summed E-state index contributed by atoms with van der Waals surface area (Å²) in [6.45, 7) is 14.4. The van der Waals surface area contributed by atoms with Crippen molar-refractivity contribution in [3.8, 4) is 22.5 Å². The van der Waals surface area contributed by atoms with E-state index in [1.807, 2.05) is 29.8 Å². The van der Waals surface area contributed by atoms with Crippen molar-refractivity contribution < 1.29 is 18.4 Å². The summed E-state index contributed by atoms with van der Waals surface area (Å²) >= 11 is 3.62. The van der Waals surface area contributed by atoms with Gasteiger partial charge in [0.25, 0.3) is 0 Å². The summed E-state index contributed by atoms with van der Waals surface area (Å²) in [5, 5.41) is 0. The molecule has 238 valence electrons. The molecule has 11 heteroatoms. The van der Waals surface area contributed by atoms with E-state index >= 15 is 0 Å². The molecule has 6 rings (SSSR count). The Morgan fingerprint density at radius 1 is 0.756 bits per heavy atom. The SMILES string of the molecule is CCC(=O)N1Cc2nc(-c3ccc(F)cc3)c(Br)n2CC1(C)C.CCC(=O)N1Cc2nc(-c3ccc(F)cc3)cn2CC1(C)C. The lowest BCUT2D eigenvalue weighted by Crippen LogP contribution is -2.53. The van der Waals surface area contributed by atoms with Crippen molar-refractivity contribution in [2.45, 2.75) is 91.6 Å². The van der Waals surface area contributed by atoms with E-state index in [9.17, 15) is 18.4 Å². The average Bonchev–Trinajstić information content (AvgIpc) is 3.55. The molecule has 0 N–H and O–H groups in total. The maximum absolute atomic E-state index is 13.1. The van der Waals surface area contributed by atoms with Crippen LogP contribution in [-0.4, -0.2) is 51.8 Å². The van der Waals surface area contributed by atoms with Gasteiger partial charge < -0.3 is 18.9 Å². The minimum Gasteiger partial charge on any atom is -0.330 e. The fraction of sp³-hybridized carbons (Fsp3) is 0.412. The molecule has 2 aliphatic rings. The first-order chi connectivity index (χ1) is 21.2. The van der Waals surface area contributed by atoms with Gasteiger partial charge in [-0.05, 0) is 92.2 Å². The van der Waals surface area contributed by atoms with Crippen molar-refractivity contribution in [2.75, 3.05) is 0 Å². The van der Waals surface area contributed by atoms with E-state index in [-0.39, 0.29) is 34.5 Å². The highest BCUT2D eigenvalue weighted by molar-refractivity contribution is 9.10. The molecule has 2 aliphatic heterocycles. The molecule has 45 heavy (non-hydrogen) atoms. The molecular weight excluding hydrogens is 642 g/mol. The first-order valence-corrected chi connectivity index (χ1v) is 16.0. The second kappa shape index (κ2) is 12.5. The van der Waals surface area contributed by atoms with E-state index in [4.69, 9.17) is 0 Å². The van der Waals surface area contributed by atoms with Crippen LogP contribution in [0, 0.1) is 11.6 Å². The lowest BCUT2D eigenvalue weighted by molar-refractivity contribution is -0.140. The number of nitrogens with zero attached hydrogens (tertiary/aromatic N) is 6. The zero-order valence-corrected chi connectivity index (χ0v) is 28.2. The van der Waals surface area contributed by atoms with Crippen molar-refractivity contribution in [1.29, 1.82) is 0 Å². The van der Waals surface area contributed by atoms with E-state index in [1.165, 1.54) is 24.3 Å². The van der Waals surface area contributed by atoms with Gasteiger partial charge >= 0.3 is 0 Å². The molecule has 0 saturated carbocycles. The monoisotopic (exact) mass is 680 g/mol. The highest BCUT2D eigenvalue weighted by Crippen LogP contribution is 2.35. The van der Waals surface area contributed by atoms with Crippen LogP contribution in [-0.2, 0) is 35.8 Å². The van der Waals surface area contributed by atoms with Crippen LogP contribution in [0.1, 0.15) is 66.0 Å². The van der Waals surface area contributed by atoms with E-state index < -0.39 is 0 Å². The quantitative estimate of drug-likeness (QED) is 0.228. The van der Waals surface area contributed by atoms with Gasteiger partial charge in [0.1, 0.15) is 33.6 Å². The summed E-state index contributed by atoms with van der Waals surface area (Å²) in [6.07, 6.45) is 2.96. The van der Waals surface area contributed by atoms with Crippen LogP contribution in [0.5, 0.6) is 0 Å². The Hall–Kier alpha value is -3.86. The van der Waals surface area contributed by atoms with Crippen LogP contribution >= 0.6 is 15.9 Å². The third-order valence-electron chi connectivity index (χ3n) is 8.47. The normalized spacial score (nSPS) is 16.4. The van der Waals surface area contributed by atoms with Crippen LogP contribution in [0.4, 0.5) is 8.78 Å². The third kappa shape index (κ3) is 6.59. The number of benzene rings is 2. The maximum atomic E-state index is 13.1. The molecule has 0 aliphatic carbocycles. The Labute approximate surface area is 271 Å². The molecule has 0 saturated heterocycles. The summed E-state index contributed by atoms with van der Waals surface area (Å²) in [4.78, 5) is 37.5. The number of fused-ring (bicyclic) bond motifs is 2. The molecule has 0 bridgehead atoms. The lowest BCUT2D eigenvalue weighted by Gasteiger charge is -2.42. The molecule has 0 atom stereocenters. The molecule has 0 unspecified atom stereocenters. The number of amides is 2. The van der Waals surface area contributed by atoms with Gasteiger partial charge in [-0.15, -0.1) is 0 Å². The fourth-order valence-corrected chi connectivity index (χ4v) is 6.59. The van der Waals surface area contributed by atoms with Gasteiger partial charge in [0.2, 0.25) is 11.8 Å². The average molecular weight is 682 g/mol. The molecule has 0 fully saturated rings. The summed E-state index contributed by atoms with van der Waals surface area (Å²) in [7, 11) is 0. The largest absolute Gasteiger partial charge is 0.330 e. The Morgan fingerprint density at radius 3 is 1.78 bits per heavy atom. The van der Waals surface area contributed by atoms with Gasteiger partial charge in [-0.2, -0.15) is 0 Å². The van der Waals surface area contributed by atoms with Crippen LogP contribution in [0.25, 0.3) is 22.5 Å². The number of aromatic nitrogens is 4. The predicted octanol–water partition coefficient (Wildman–Crippen LogP) is 7.20. The van der Waals surface area contributed by atoms with Crippen LogP contribution < -0.4 is 0 Å². The van der Waals surface area contributed by atoms with Crippen molar-refractivity contribution in [2.24, 2.45) is 0 Å². The zero-order chi connectivity index (χ0) is 32.7. The third-order valence-corrected chi connectivity index (χ3v) is 9.28. The summed E-state index contributed by atoms with van der Waals surface area (Å²) in [5.74, 6) is 1.47. The Bertz CT molecular complexity index is 1710. The second-order valence-corrected chi connectivity index (χ2v) is 13.5. The molecule has 2 aromatic heterocycles. The van der Waals surface area contributed by atoms with Gasteiger partial charge in [0.15, 0.2) is 0 Å². The van der Waals surface area contributed by atoms with Gasteiger partial charge in [-0.25, -0.2) is 18.7 Å². The number of hydrogen-bond donors (Lipinski definition) is 0. The number of imidazole rings is 2. The number of carbonyl (C=O) groups is 2. The van der Waals surface area contributed by atoms with Gasteiger partial charge in [0, 0.05) is 43.3 Å². The smallest absolute Gasteiger partial charge is 0.223 e. The molecule has 8 nitrogen and oxygen atoms in total. The number of halogens is 3. The minimum atomic E-state index is -0.274. The van der Waals surface area contributed by atoms with Crippen molar-refractivity contribution in [1.82, 2.24) is 28.9 Å². The van der Waals surface area contributed by atoms with E-state index in [0.29, 0.717) is 39.0 Å². The zero-order valence-electron chi connectivity index (χ0n) is 26.6. The number of carbonyl (C=O) groups excluding carboxylic acids is 2. The Kier molecular flexibility index (Phi) is 9.04. The van der Waals surface area contributed by atoms with Crippen LogP contribution in [0.15, 0.2) is 59.3 Å². The Morgan fingerprint density at radius 2 is 1.24 bits per heavy atom. The standard InChI is InChI=1S/C17H19BrFN3O.C17H20FN3O/c1-4-14(23)22-9-13-20-15(11-5-7-12(19)8-6-11)16(18)21(13)10-17(22,2)3;1-4-16(22)21-10-15-19-14(9-20(15)11-17(21,2)3)12-5-7-13(18)8-6-12/h5-8H,4,9-10H2,1-3H3;5-9H,4,10-11H2,1-3H3. The van der Waals surface area contributed by atoms with Crippen LogP contribution in [0.3, 0.4) is 0 Å². The van der Waals surface area contributed by atoms with Gasteiger partial charge in [-0.1, -0.05) is 13.8 Å². The summed E-state index contributed by atoms with van der Waals surface area (Å²) < 4.78 is 31.2. The van der Waals surface area contributed by atoms with E-state index in [1.54, 1.807) is 24.3 Å². The molecule has 4 heterocycles. The molecule has 0 spiro atoms. The van der Waals surface area contributed by atoms with Crippen molar-refractivity contribution in [3.05, 3.63) is 82.6 Å². The topological polar surface area (TPSA) is 76.3 Å². The second-order valence-electron chi connectivity index (χ2n) is 12.7. The van der Waals surface area contributed by atoms with Crippen LogP contribution in [0.2, 0.25) is 0 Å². The molecule has 0 radical (unpaired) electrons. The molecule has 2 aromatic carbocycles. The van der Waals surface area contributed by atoms with Crippen molar-refractivity contribution >= 4 is 27.7 Å². The van der Waals surface area contributed by atoms with Gasteiger partial charge in [-0.3, -0.25) is 9.59 Å². The molecule has 4 aromatic rings. The molecular formula is C34H39BrF2N6O2. The minimum absolute atomic E-state index is 0.128. The number of rotatable bonds is 4. The van der Waals surface area contributed by atoms with E-state index in [2.05, 4.69) is 62.7 Å². The van der Waals surface area contributed by atoms with E-state index in [0.717, 1.165) is 38.8 Å². The van der Waals surface area contributed by atoms with Crippen molar-refractivity contribution in [3.63, 3.8) is 0 Å². The fourth-order valence-electron chi connectivity index (χ4n) is 5.95. The van der Waals surface area contributed by atoms with Gasteiger partial charge in [0.05, 0.1) is 29.9 Å². The first-order valence-electron chi connectivity index (χ1n) is 15.2. The summed E-state index contributed by atoms with van der Waals surface area (Å²) in [6, 6.07) is 12.6. The predicted molar refractivity (Wildman–Crippen MR) is 173 cm³/mol. The number of hydrogen-bond acceptors (Lipinski definition) is 4. The highest BCUT2D eigenvalue weighted by atomic mass is 79.9. The summed E-state index contributed by atoms with van der Waals surface area (Å²) in [5.41, 5.74) is 2.82.